The molecule has 1 N–H and O–H groups in total. The molecule has 1 fully saturated rings. The molecular weight excluding hydrogens is 380 g/mol. The van der Waals surface area contributed by atoms with E-state index in [1.165, 1.54) is 12.8 Å². The monoisotopic (exact) mass is 406 g/mol. The molecule has 0 saturated heterocycles. The first-order valence-electron chi connectivity index (χ1n) is 10.2. The molecule has 1 aliphatic carbocycles. The molecule has 6 nitrogen and oxygen atoms in total. The fraction of sp³-hybridized carbons (Fsp3) is 0.333. The number of carbonyl (C=O) groups is 1. The van der Waals surface area contributed by atoms with E-state index in [2.05, 4.69) is 10.3 Å². The van der Waals surface area contributed by atoms with E-state index in [0.717, 1.165) is 29.5 Å². The summed E-state index contributed by atoms with van der Waals surface area (Å²) in [4.78, 5) is 17.5. The first kappa shape index (κ1) is 20.0. The Hall–Kier alpha value is -3.28. The van der Waals surface area contributed by atoms with Crippen LogP contribution in [0.4, 0.5) is 5.69 Å². The number of rotatable bonds is 6. The van der Waals surface area contributed by atoms with Crippen LogP contribution in [0.3, 0.4) is 0 Å². The number of aromatic nitrogens is 1. The number of ether oxygens (including phenoxy) is 3. The summed E-state index contributed by atoms with van der Waals surface area (Å²) in [6.07, 6.45) is 4.67. The van der Waals surface area contributed by atoms with Crippen molar-refractivity contribution < 1.29 is 19.0 Å². The van der Waals surface area contributed by atoms with Crippen molar-refractivity contribution in [1.82, 2.24) is 4.98 Å². The summed E-state index contributed by atoms with van der Waals surface area (Å²) in [5.41, 5.74) is 2.63. The number of nitrogens with zero attached hydrogens (tertiary/aromatic N) is 1. The molecule has 156 valence electrons. The van der Waals surface area contributed by atoms with Crippen molar-refractivity contribution in [3.05, 3.63) is 53.7 Å². The van der Waals surface area contributed by atoms with Crippen LogP contribution in [-0.2, 0) is 0 Å². The van der Waals surface area contributed by atoms with Crippen LogP contribution in [0.5, 0.6) is 17.2 Å². The number of methoxy groups -OCH3 is 2. The van der Waals surface area contributed by atoms with Crippen LogP contribution in [0.1, 0.15) is 41.7 Å². The number of fused-ring (bicyclic) bond motifs is 1. The van der Waals surface area contributed by atoms with E-state index < -0.39 is 0 Å². The van der Waals surface area contributed by atoms with Gasteiger partial charge in [0.05, 0.1) is 37.1 Å². The molecule has 0 spiro atoms. The van der Waals surface area contributed by atoms with Gasteiger partial charge in [-0.1, -0.05) is 0 Å². The highest BCUT2D eigenvalue weighted by molar-refractivity contribution is 6.07. The average Bonchev–Trinajstić information content (AvgIpc) is 3.26. The molecule has 1 saturated carbocycles. The Morgan fingerprint density at radius 3 is 2.53 bits per heavy atom. The maximum Gasteiger partial charge on any atom is 0.257 e. The molecule has 6 heteroatoms. The Morgan fingerprint density at radius 2 is 1.80 bits per heavy atom. The highest BCUT2D eigenvalue weighted by atomic mass is 16.5. The minimum atomic E-state index is -0.213. The van der Waals surface area contributed by atoms with Gasteiger partial charge in [-0.05, 0) is 62.9 Å². The number of aryl methyl sites for hydroxylation is 1. The smallest absolute Gasteiger partial charge is 0.257 e. The van der Waals surface area contributed by atoms with Crippen molar-refractivity contribution >= 4 is 22.5 Å². The average molecular weight is 406 g/mol. The summed E-state index contributed by atoms with van der Waals surface area (Å²) < 4.78 is 16.8. The first-order valence-corrected chi connectivity index (χ1v) is 10.2. The van der Waals surface area contributed by atoms with Crippen LogP contribution in [0.25, 0.3) is 10.9 Å². The van der Waals surface area contributed by atoms with Gasteiger partial charge in [-0.3, -0.25) is 9.78 Å². The second-order valence-electron chi connectivity index (χ2n) is 7.52. The van der Waals surface area contributed by atoms with Crippen molar-refractivity contribution in [3.8, 4) is 17.2 Å². The zero-order valence-electron chi connectivity index (χ0n) is 17.5. The Morgan fingerprint density at radius 1 is 1.00 bits per heavy atom. The second-order valence-corrected chi connectivity index (χ2v) is 7.52. The normalized spacial score (nSPS) is 14.0. The van der Waals surface area contributed by atoms with Gasteiger partial charge >= 0.3 is 0 Å². The van der Waals surface area contributed by atoms with Crippen LogP contribution in [0, 0.1) is 6.92 Å². The molecule has 1 aliphatic rings. The number of benzene rings is 2. The molecular formula is C24H26N2O4. The molecule has 30 heavy (non-hydrogen) atoms. The van der Waals surface area contributed by atoms with Crippen molar-refractivity contribution in [3.63, 3.8) is 0 Å². The van der Waals surface area contributed by atoms with Gasteiger partial charge in [0.1, 0.15) is 5.75 Å². The molecule has 0 bridgehead atoms. The van der Waals surface area contributed by atoms with Crippen molar-refractivity contribution in [2.45, 2.75) is 38.7 Å². The lowest BCUT2D eigenvalue weighted by Gasteiger charge is -2.17. The summed E-state index contributed by atoms with van der Waals surface area (Å²) in [7, 11) is 3.24. The summed E-state index contributed by atoms with van der Waals surface area (Å²) in [5.74, 6) is 1.84. The van der Waals surface area contributed by atoms with Gasteiger partial charge in [0, 0.05) is 23.2 Å². The van der Waals surface area contributed by atoms with Gasteiger partial charge in [-0.25, -0.2) is 0 Å². The first-order chi connectivity index (χ1) is 14.6. The van der Waals surface area contributed by atoms with E-state index >= 15 is 0 Å². The lowest BCUT2D eigenvalue weighted by atomic mass is 10.1. The minimum absolute atomic E-state index is 0.203. The van der Waals surface area contributed by atoms with Crippen molar-refractivity contribution in [2.24, 2.45) is 0 Å². The van der Waals surface area contributed by atoms with Crippen LogP contribution >= 0.6 is 0 Å². The maximum absolute atomic E-state index is 13.0. The summed E-state index contributed by atoms with van der Waals surface area (Å²) >= 11 is 0. The lowest BCUT2D eigenvalue weighted by molar-refractivity contribution is 0.102. The predicted octanol–water partition coefficient (Wildman–Crippen LogP) is 5.13. The topological polar surface area (TPSA) is 69.7 Å². The quantitative estimate of drug-likeness (QED) is 0.614. The van der Waals surface area contributed by atoms with Gasteiger partial charge in [-0.2, -0.15) is 0 Å². The van der Waals surface area contributed by atoms with E-state index in [-0.39, 0.29) is 12.0 Å². The minimum Gasteiger partial charge on any atom is -0.497 e. The van der Waals surface area contributed by atoms with Gasteiger partial charge in [0.25, 0.3) is 5.91 Å². The van der Waals surface area contributed by atoms with E-state index in [4.69, 9.17) is 14.2 Å². The van der Waals surface area contributed by atoms with Gasteiger partial charge in [0.15, 0.2) is 11.5 Å². The molecule has 1 heterocycles. The van der Waals surface area contributed by atoms with Crippen LogP contribution in [0.15, 0.2) is 42.5 Å². The molecule has 0 aliphatic heterocycles. The van der Waals surface area contributed by atoms with E-state index in [1.54, 1.807) is 14.2 Å². The van der Waals surface area contributed by atoms with Crippen LogP contribution in [-0.4, -0.2) is 31.2 Å². The van der Waals surface area contributed by atoms with Crippen molar-refractivity contribution in [1.29, 1.82) is 0 Å². The number of anilines is 1. The number of hydrogen-bond donors (Lipinski definition) is 1. The molecule has 0 atom stereocenters. The number of nitrogens with one attached hydrogen (secondary N) is 1. The van der Waals surface area contributed by atoms with Crippen LogP contribution < -0.4 is 19.5 Å². The third-order valence-electron chi connectivity index (χ3n) is 5.48. The van der Waals surface area contributed by atoms with Crippen molar-refractivity contribution in [2.75, 3.05) is 19.5 Å². The predicted molar refractivity (Wildman–Crippen MR) is 117 cm³/mol. The lowest BCUT2D eigenvalue weighted by Crippen LogP contribution is -2.15. The summed E-state index contributed by atoms with van der Waals surface area (Å²) in [5, 5.41) is 3.84. The standard InChI is InChI=1S/C24H26N2O4/c1-15-20(12-16-8-10-19(28-2)14-21(16)25-15)24(27)26-17-9-11-22(29-3)23(13-17)30-18-6-4-5-7-18/h8-14,18H,4-7H2,1-3H3,(H,26,27). The maximum atomic E-state index is 13.0. The zero-order chi connectivity index (χ0) is 21.1. The Kier molecular flexibility index (Phi) is 5.74. The second kappa shape index (κ2) is 8.61. The Bertz CT molecular complexity index is 1070. The largest absolute Gasteiger partial charge is 0.497 e. The molecule has 0 unspecified atom stereocenters. The fourth-order valence-corrected chi connectivity index (χ4v) is 3.83. The molecule has 3 aromatic rings. The Labute approximate surface area is 176 Å². The molecule has 1 amide bonds. The highest BCUT2D eigenvalue weighted by Gasteiger charge is 2.19. The van der Waals surface area contributed by atoms with Gasteiger partial charge < -0.3 is 19.5 Å². The number of carbonyl (C=O) groups excluding carboxylic acids is 1. The summed E-state index contributed by atoms with van der Waals surface area (Å²) in [6, 6.07) is 12.9. The molecule has 2 aromatic carbocycles. The fourth-order valence-electron chi connectivity index (χ4n) is 3.83. The Balaban J connectivity index is 1.57. The zero-order valence-corrected chi connectivity index (χ0v) is 17.5. The summed E-state index contributed by atoms with van der Waals surface area (Å²) in [6.45, 7) is 1.83. The highest BCUT2D eigenvalue weighted by Crippen LogP contribution is 2.34. The molecule has 0 radical (unpaired) electrons. The van der Waals surface area contributed by atoms with E-state index in [1.807, 2.05) is 49.4 Å². The molecule has 1 aromatic heterocycles. The van der Waals surface area contributed by atoms with E-state index in [9.17, 15) is 4.79 Å². The number of amides is 1. The third kappa shape index (κ3) is 4.17. The molecule has 4 rings (SSSR count). The van der Waals surface area contributed by atoms with Crippen LogP contribution in [0.2, 0.25) is 0 Å². The third-order valence-corrected chi connectivity index (χ3v) is 5.48. The number of pyridine rings is 1. The van der Waals surface area contributed by atoms with E-state index in [0.29, 0.717) is 28.4 Å². The number of hydrogen-bond acceptors (Lipinski definition) is 5. The van der Waals surface area contributed by atoms with Gasteiger partial charge in [0.2, 0.25) is 0 Å². The SMILES string of the molecule is COc1ccc2cc(C(=O)Nc3ccc(OC)c(OC4CCCC4)c3)c(C)nc2c1. The van der Waals surface area contributed by atoms with Gasteiger partial charge in [-0.15, -0.1) is 0 Å².